The van der Waals surface area contributed by atoms with Crippen molar-refractivity contribution in [2.75, 3.05) is 6.61 Å². The van der Waals surface area contributed by atoms with E-state index in [1.165, 1.54) is 0 Å². The lowest BCUT2D eigenvalue weighted by atomic mass is 10.1. The highest BCUT2D eigenvalue weighted by Crippen LogP contribution is 1.99. The first-order chi connectivity index (χ1) is 5.49. The Morgan fingerprint density at radius 2 is 1.67 bits per heavy atom. The highest BCUT2D eigenvalue weighted by atomic mass is 16.4. The largest absolute Gasteiger partial charge is 0.475 e. The van der Waals surface area contributed by atoms with Gasteiger partial charge in [0.15, 0.2) is 0 Å². The lowest BCUT2D eigenvalue weighted by Gasteiger charge is -2.12. The zero-order chi connectivity index (χ0) is 9.72. The fraction of sp³-hybridized carbons (Fsp3) is 0.667. The summed E-state index contributed by atoms with van der Waals surface area (Å²) in [4.78, 5) is 20.4. The SMILES string of the molecule is O=C(O)C(=O)C[C@H](O)[C@H](O)CO. The fourth-order valence-electron chi connectivity index (χ4n) is 0.535. The first kappa shape index (κ1) is 11.0. The second-order valence-electron chi connectivity index (χ2n) is 2.25. The molecule has 0 aromatic rings. The third-order valence-corrected chi connectivity index (χ3v) is 1.26. The topological polar surface area (TPSA) is 115 Å². The van der Waals surface area contributed by atoms with Crippen molar-refractivity contribution in [3.63, 3.8) is 0 Å². The number of aliphatic hydroxyl groups excluding tert-OH is 3. The van der Waals surface area contributed by atoms with E-state index in [-0.39, 0.29) is 0 Å². The fourth-order valence-corrected chi connectivity index (χ4v) is 0.535. The summed E-state index contributed by atoms with van der Waals surface area (Å²) >= 11 is 0. The number of hydrogen-bond acceptors (Lipinski definition) is 5. The number of carboxylic acids is 1. The van der Waals surface area contributed by atoms with Gasteiger partial charge in [0.05, 0.1) is 12.7 Å². The molecule has 0 aromatic carbocycles. The van der Waals surface area contributed by atoms with E-state index in [1.54, 1.807) is 0 Å². The van der Waals surface area contributed by atoms with Gasteiger partial charge in [0.2, 0.25) is 5.78 Å². The number of rotatable bonds is 5. The molecule has 0 saturated carbocycles. The summed E-state index contributed by atoms with van der Waals surface area (Å²) < 4.78 is 0. The number of ketones is 1. The average Bonchev–Trinajstić information content (AvgIpc) is 2.02. The molecule has 0 unspecified atom stereocenters. The predicted molar refractivity (Wildman–Crippen MR) is 36.4 cm³/mol. The summed E-state index contributed by atoms with van der Waals surface area (Å²) in [5.41, 5.74) is 0. The van der Waals surface area contributed by atoms with Crippen molar-refractivity contribution in [2.24, 2.45) is 0 Å². The van der Waals surface area contributed by atoms with Gasteiger partial charge in [-0.3, -0.25) is 4.79 Å². The number of hydrogen-bond donors (Lipinski definition) is 4. The van der Waals surface area contributed by atoms with Gasteiger partial charge in [-0.25, -0.2) is 4.79 Å². The number of carbonyl (C=O) groups excluding carboxylic acids is 1. The second-order valence-corrected chi connectivity index (χ2v) is 2.25. The number of carbonyl (C=O) groups is 2. The smallest absolute Gasteiger partial charge is 0.372 e. The maximum atomic E-state index is 10.4. The second kappa shape index (κ2) is 4.81. The molecule has 6 heteroatoms. The van der Waals surface area contributed by atoms with Crippen molar-refractivity contribution in [3.05, 3.63) is 0 Å². The van der Waals surface area contributed by atoms with Gasteiger partial charge in [0.1, 0.15) is 6.10 Å². The minimum Gasteiger partial charge on any atom is -0.475 e. The molecule has 0 fully saturated rings. The summed E-state index contributed by atoms with van der Waals surface area (Å²) in [5, 5.41) is 33.9. The maximum Gasteiger partial charge on any atom is 0.372 e. The van der Waals surface area contributed by atoms with Crippen molar-refractivity contribution in [2.45, 2.75) is 18.6 Å². The van der Waals surface area contributed by atoms with Crippen molar-refractivity contribution in [1.82, 2.24) is 0 Å². The molecule has 0 amide bonds. The van der Waals surface area contributed by atoms with E-state index in [0.29, 0.717) is 0 Å². The van der Waals surface area contributed by atoms with E-state index in [9.17, 15) is 9.59 Å². The molecule has 0 aliphatic rings. The minimum atomic E-state index is -1.67. The molecular formula is C6H10O6. The Morgan fingerprint density at radius 1 is 1.17 bits per heavy atom. The Hall–Kier alpha value is -0.980. The van der Waals surface area contributed by atoms with Gasteiger partial charge in [-0.1, -0.05) is 0 Å². The van der Waals surface area contributed by atoms with Crippen LogP contribution in [0.1, 0.15) is 6.42 Å². The molecule has 0 aliphatic carbocycles. The van der Waals surface area contributed by atoms with Crippen LogP contribution >= 0.6 is 0 Å². The normalized spacial score (nSPS) is 15.2. The summed E-state index contributed by atoms with van der Waals surface area (Å²) in [6.45, 7) is -0.714. The summed E-state index contributed by atoms with van der Waals surface area (Å²) in [7, 11) is 0. The zero-order valence-corrected chi connectivity index (χ0v) is 6.17. The van der Waals surface area contributed by atoms with Gasteiger partial charge in [-0.15, -0.1) is 0 Å². The third kappa shape index (κ3) is 3.42. The van der Waals surface area contributed by atoms with Gasteiger partial charge in [0, 0.05) is 6.42 Å². The van der Waals surface area contributed by atoms with Gasteiger partial charge in [0.25, 0.3) is 0 Å². The first-order valence-corrected chi connectivity index (χ1v) is 3.22. The van der Waals surface area contributed by atoms with Gasteiger partial charge >= 0.3 is 5.97 Å². The van der Waals surface area contributed by atoms with E-state index in [0.717, 1.165) is 0 Å². The van der Waals surface area contributed by atoms with Crippen LogP contribution in [0.5, 0.6) is 0 Å². The Balaban J connectivity index is 3.92. The lowest BCUT2D eigenvalue weighted by molar-refractivity contribution is -0.151. The Labute approximate surface area is 68.1 Å². The van der Waals surface area contributed by atoms with E-state index in [4.69, 9.17) is 20.4 Å². The van der Waals surface area contributed by atoms with Crippen LogP contribution in [0.15, 0.2) is 0 Å². The van der Waals surface area contributed by atoms with Crippen molar-refractivity contribution in [3.8, 4) is 0 Å². The van der Waals surface area contributed by atoms with E-state index < -0.39 is 37.0 Å². The number of aliphatic carboxylic acids is 1. The van der Waals surface area contributed by atoms with Crippen LogP contribution in [0.2, 0.25) is 0 Å². The Morgan fingerprint density at radius 3 is 2.00 bits per heavy atom. The Kier molecular flexibility index (Phi) is 4.42. The van der Waals surface area contributed by atoms with Gasteiger partial charge in [-0.2, -0.15) is 0 Å². The number of aliphatic hydroxyl groups is 3. The van der Waals surface area contributed by atoms with Crippen molar-refractivity contribution in [1.29, 1.82) is 0 Å². The van der Waals surface area contributed by atoms with Crippen LogP contribution in [0, 0.1) is 0 Å². The van der Waals surface area contributed by atoms with Crippen molar-refractivity contribution >= 4 is 11.8 Å². The molecule has 6 nitrogen and oxygen atoms in total. The molecule has 4 N–H and O–H groups in total. The molecule has 0 bridgehead atoms. The number of carboxylic acid groups (broad SMARTS) is 1. The van der Waals surface area contributed by atoms with Crippen LogP contribution in [0.25, 0.3) is 0 Å². The Bertz CT molecular complexity index is 177. The van der Waals surface area contributed by atoms with Crippen LogP contribution in [0.4, 0.5) is 0 Å². The highest BCUT2D eigenvalue weighted by Gasteiger charge is 2.22. The summed E-state index contributed by atoms with van der Waals surface area (Å²) in [6.07, 6.45) is -3.70. The molecule has 12 heavy (non-hydrogen) atoms. The molecule has 0 heterocycles. The minimum absolute atomic E-state index is 0.697. The monoisotopic (exact) mass is 178 g/mol. The quantitative estimate of drug-likeness (QED) is 0.353. The molecule has 0 saturated heterocycles. The van der Waals surface area contributed by atoms with E-state index in [2.05, 4.69) is 0 Å². The summed E-state index contributed by atoms with van der Waals surface area (Å²) in [5.74, 6) is -2.87. The van der Waals surface area contributed by atoms with E-state index in [1.807, 2.05) is 0 Å². The number of Topliss-reactive ketones (excluding diaryl/α,β-unsaturated/α-hetero) is 1. The molecule has 0 radical (unpaired) electrons. The first-order valence-electron chi connectivity index (χ1n) is 3.22. The third-order valence-electron chi connectivity index (χ3n) is 1.26. The predicted octanol–water partition coefficient (Wildman–Crippen LogP) is -2.26. The molecule has 0 spiro atoms. The molecular weight excluding hydrogens is 168 g/mol. The summed E-state index contributed by atoms with van der Waals surface area (Å²) in [6, 6.07) is 0. The van der Waals surface area contributed by atoms with Crippen LogP contribution in [-0.2, 0) is 9.59 Å². The molecule has 0 rings (SSSR count). The average molecular weight is 178 g/mol. The molecule has 0 aromatic heterocycles. The zero-order valence-electron chi connectivity index (χ0n) is 6.17. The van der Waals surface area contributed by atoms with Crippen molar-refractivity contribution < 1.29 is 30.0 Å². The highest BCUT2D eigenvalue weighted by molar-refractivity contribution is 6.32. The van der Waals surface area contributed by atoms with Crippen LogP contribution < -0.4 is 0 Å². The van der Waals surface area contributed by atoms with Gasteiger partial charge < -0.3 is 20.4 Å². The lowest BCUT2D eigenvalue weighted by Crippen LogP contribution is -2.33. The van der Waals surface area contributed by atoms with Crippen LogP contribution in [0.3, 0.4) is 0 Å². The van der Waals surface area contributed by atoms with E-state index >= 15 is 0 Å². The van der Waals surface area contributed by atoms with Gasteiger partial charge in [-0.05, 0) is 0 Å². The maximum absolute atomic E-state index is 10.4. The van der Waals surface area contributed by atoms with Crippen LogP contribution in [-0.4, -0.2) is 51.0 Å². The molecule has 70 valence electrons. The standard InChI is InChI=1S/C6H10O6/c7-2-5(10)3(8)1-4(9)6(11)12/h3,5,7-8,10H,1-2H2,(H,11,12)/t3-,5+/m0/s1. The molecule has 0 aliphatic heterocycles. The molecule has 2 atom stereocenters.